The summed E-state index contributed by atoms with van der Waals surface area (Å²) in [5.74, 6) is -0.243. The molecule has 0 saturated carbocycles. The standard InChI is InChI=1S/C28H32O2/c1-3-4-5-6-9-14-22(2)30-28(29)27-21-25(23-15-10-7-11-16-23)19-20-26(27)24-17-12-8-13-18-24/h7-8,10-13,15-22H,3-6,9,14H2,1-2H3/t22-/m1/s1. The first-order chi connectivity index (χ1) is 14.7. The number of esters is 1. The summed E-state index contributed by atoms with van der Waals surface area (Å²) >= 11 is 0. The number of benzene rings is 3. The van der Waals surface area contributed by atoms with Crippen LogP contribution in [0.25, 0.3) is 22.3 Å². The van der Waals surface area contributed by atoms with Gasteiger partial charge in [-0.2, -0.15) is 0 Å². The lowest BCUT2D eigenvalue weighted by atomic mass is 9.95. The van der Waals surface area contributed by atoms with E-state index in [-0.39, 0.29) is 12.1 Å². The maximum Gasteiger partial charge on any atom is 0.339 e. The zero-order chi connectivity index (χ0) is 21.2. The largest absolute Gasteiger partial charge is 0.459 e. The summed E-state index contributed by atoms with van der Waals surface area (Å²) in [6, 6.07) is 26.3. The molecule has 0 N–H and O–H groups in total. The van der Waals surface area contributed by atoms with Gasteiger partial charge in [-0.1, -0.05) is 105 Å². The van der Waals surface area contributed by atoms with Crippen LogP contribution in [0.1, 0.15) is 62.7 Å². The molecule has 1 atom stereocenters. The van der Waals surface area contributed by atoms with Crippen LogP contribution in [0.5, 0.6) is 0 Å². The Morgan fingerprint density at radius 3 is 2.07 bits per heavy atom. The summed E-state index contributed by atoms with van der Waals surface area (Å²) in [6.45, 7) is 4.22. The van der Waals surface area contributed by atoms with E-state index in [2.05, 4.69) is 25.1 Å². The first-order valence-corrected chi connectivity index (χ1v) is 11.1. The third kappa shape index (κ3) is 6.06. The van der Waals surface area contributed by atoms with E-state index in [1.165, 1.54) is 25.7 Å². The van der Waals surface area contributed by atoms with E-state index in [1.807, 2.05) is 67.6 Å². The van der Waals surface area contributed by atoms with Crippen LogP contribution in [0.4, 0.5) is 0 Å². The van der Waals surface area contributed by atoms with Crippen molar-refractivity contribution in [3.8, 4) is 22.3 Å². The smallest absolute Gasteiger partial charge is 0.339 e. The van der Waals surface area contributed by atoms with Gasteiger partial charge in [-0.25, -0.2) is 4.79 Å². The fourth-order valence-electron chi connectivity index (χ4n) is 3.73. The molecule has 3 aromatic rings. The molecule has 156 valence electrons. The van der Waals surface area contributed by atoms with Gasteiger partial charge >= 0.3 is 5.97 Å². The summed E-state index contributed by atoms with van der Waals surface area (Å²) in [5, 5.41) is 0. The number of unbranched alkanes of at least 4 members (excludes halogenated alkanes) is 4. The Balaban J connectivity index is 1.80. The van der Waals surface area contributed by atoms with Crippen molar-refractivity contribution in [2.75, 3.05) is 0 Å². The maximum absolute atomic E-state index is 13.1. The average Bonchev–Trinajstić information content (AvgIpc) is 2.79. The Bertz CT molecular complexity index is 916. The van der Waals surface area contributed by atoms with Crippen LogP contribution in [0.3, 0.4) is 0 Å². The van der Waals surface area contributed by atoms with Gasteiger partial charge in [-0.05, 0) is 48.1 Å². The summed E-state index contributed by atoms with van der Waals surface area (Å²) in [6.07, 6.45) is 6.91. The van der Waals surface area contributed by atoms with Crippen molar-refractivity contribution in [1.82, 2.24) is 0 Å². The van der Waals surface area contributed by atoms with Crippen molar-refractivity contribution in [1.29, 1.82) is 0 Å². The van der Waals surface area contributed by atoms with Crippen LogP contribution in [0.2, 0.25) is 0 Å². The molecule has 0 unspecified atom stereocenters. The average molecular weight is 401 g/mol. The lowest BCUT2D eigenvalue weighted by molar-refractivity contribution is 0.0320. The van der Waals surface area contributed by atoms with Crippen molar-refractivity contribution in [3.63, 3.8) is 0 Å². The molecule has 0 radical (unpaired) electrons. The van der Waals surface area contributed by atoms with E-state index in [0.717, 1.165) is 35.1 Å². The number of carbonyl (C=O) groups is 1. The zero-order valence-corrected chi connectivity index (χ0v) is 18.1. The Labute approximate surface area is 180 Å². The SMILES string of the molecule is CCCCCCC[C@@H](C)OC(=O)c1cc(-c2ccccc2)ccc1-c1ccccc1. The van der Waals surface area contributed by atoms with E-state index >= 15 is 0 Å². The van der Waals surface area contributed by atoms with Gasteiger partial charge in [0.2, 0.25) is 0 Å². The fourth-order valence-corrected chi connectivity index (χ4v) is 3.73. The fraction of sp³-hybridized carbons (Fsp3) is 0.321. The highest BCUT2D eigenvalue weighted by atomic mass is 16.5. The van der Waals surface area contributed by atoms with Gasteiger partial charge in [0.1, 0.15) is 0 Å². The summed E-state index contributed by atoms with van der Waals surface area (Å²) in [7, 11) is 0. The minimum Gasteiger partial charge on any atom is -0.459 e. The summed E-state index contributed by atoms with van der Waals surface area (Å²) in [4.78, 5) is 13.1. The molecule has 0 saturated heterocycles. The van der Waals surface area contributed by atoms with Gasteiger partial charge in [0, 0.05) is 0 Å². The minimum atomic E-state index is -0.243. The Morgan fingerprint density at radius 2 is 1.40 bits per heavy atom. The minimum absolute atomic E-state index is 0.0804. The number of ether oxygens (including phenoxy) is 1. The molecular weight excluding hydrogens is 368 g/mol. The first kappa shape index (κ1) is 21.8. The first-order valence-electron chi connectivity index (χ1n) is 11.1. The molecule has 0 fully saturated rings. The van der Waals surface area contributed by atoms with Crippen LogP contribution in [-0.2, 0) is 4.74 Å². The Hall–Kier alpha value is -2.87. The van der Waals surface area contributed by atoms with Crippen molar-refractivity contribution < 1.29 is 9.53 Å². The molecule has 0 aliphatic carbocycles. The van der Waals surface area contributed by atoms with Crippen molar-refractivity contribution >= 4 is 5.97 Å². The molecule has 0 bridgehead atoms. The number of hydrogen-bond donors (Lipinski definition) is 0. The van der Waals surface area contributed by atoms with Crippen molar-refractivity contribution in [3.05, 3.63) is 84.4 Å². The van der Waals surface area contributed by atoms with Crippen molar-refractivity contribution in [2.45, 2.75) is 58.5 Å². The molecule has 2 heteroatoms. The normalized spacial score (nSPS) is 11.8. The topological polar surface area (TPSA) is 26.3 Å². The third-order valence-corrected chi connectivity index (χ3v) is 5.45. The lowest BCUT2D eigenvalue weighted by Crippen LogP contribution is -2.16. The third-order valence-electron chi connectivity index (χ3n) is 5.45. The predicted octanol–water partition coefficient (Wildman–Crippen LogP) is 7.93. The molecule has 30 heavy (non-hydrogen) atoms. The Morgan fingerprint density at radius 1 is 0.767 bits per heavy atom. The Kier molecular flexibility index (Phi) is 8.26. The number of rotatable bonds is 10. The molecule has 3 rings (SSSR count). The monoisotopic (exact) mass is 400 g/mol. The van der Waals surface area contributed by atoms with Gasteiger partial charge < -0.3 is 4.74 Å². The van der Waals surface area contributed by atoms with Crippen LogP contribution in [0.15, 0.2) is 78.9 Å². The van der Waals surface area contributed by atoms with Gasteiger partial charge in [0.15, 0.2) is 0 Å². The van der Waals surface area contributed by atoms with E-state index in [1.54, 1.807) is 0 Å². The zero-order valence-electron chi connectivity index (χ0n) is 18.1. The second-order valence-corrected chi connectivity index (χ2v) is 7.91. The molecule has 0 aliphatic rings. The molecular formula is C28H32O2. The second-order valence-electron chi connectivity index (χ2n) is 7.91. The number of carbonyl (C=O) groups excluding carboxylic acids is 1. The molecule has 0 aliphatic heterocycles. The molecule has 0 aromatic heterocycles. The summed E-state index contributed by atoms with van der Waals surface area (Å²) < 4.78 is 5.86. The summed E-state index contributed by atoms with van der Waals surface area (Å²) in [5.41, 5.74) is 4.68. The molecule has 0 heterocycles. The van der Waals surface area contributed by atoms with Crippen molar-refractivity contribution in [2.24, 2.45) is 0 Å². The number of hydrogen-bond acceptors (Lipinski definition) is 2. The highest BCUT2D eigenvalue weighted by Gasteiger charge is 2.18. The highest BCUT2D eigenvalue weighted by Crippen LogP contribution is 2.30. The molecule has 2 nitrogen and oxygen atoms in total. The van der Waals surface area contributed by atoms with E-state index in [9.17, 15) is 4.79 Å². The lowest BCUT2D eigenvalue weighted by Gasteiger charge is -2.16. The second kappa shape index (κ2) is 11.3. The van der Waals surface area contributed by atoms with Gasteiger partial charge in [-0.15, -0.1) is 0 Å². The maximum atomic E-state index is 13.1. The molecule has 0 spiro atoms. The highest BCUT2D eigenvalue weighted by molar-refractivity contribution is 5.99. The van der Waals surface area contributed by atoms with Gasteiger partial charge in [-0.3, -0.25) is 0 Å². The van der Waals surface area contributed by atoms with Crippen LogP contribution in [0, 0.1) is 0 Å². The van der Waals surface area contributed by atoms with Crippen LogP contribution in [-0.4, -0.2) is 12.1 Å². The van der Waals surface area contributed by atoms with E-state index in [0.29, 0.717) is 5.56 Å². The van der Waals surface area contributed by atoms with Crippen LogP contribution < -0.4 is 0 Å². The van der Waals surface area contributed by atoms with E-state index in [4.69, 9.17) is 4.74 Å². The predicted molar refractivity (Wildman–Crippen MR) is 126 cm³/mol. The van der Waals surface area contributed by atoms with Gasteiger partial charge in [0.05, 0.1) is 11.7 Å². The van der Waals surface area contributed by atoms with Crippen LogP contribution >= 0.6 is 0 Å². The van der Waals surface area contributed by atoms with E-state index < -0.39 is 0 Å². The molecule has 3 aromatic carbocycles. The van der Waals surface area contributed by atoms with Gasteiger partial charge in [0.25, 0.3) is 0 Å². The quantitative estimate of drug-likeness (QED) is 0.255. The molecule has 0 amide bonds.